The minimum atomic E-state index is -0.0776. The number of methoxy groups -OCH3 is 1. The van der Waals surface area contributed by atoms with Crippen molar-refractivity contribution in [3.8, 4) is 17.6 Å². The number of nitrogens with zero attached hydrogens (tertiary/aromatic N) is 1. The van der Waals surface area contributed by atoms with Gasteiger partial charge < -0.3 is 19.9 Å². The summed E-state index contributed by atoms with van der Waals surface area (Å²) >= 11 is 0. The summed E-state index contributed by atoms with van der Waals surface area (Å²) in [5, 5.41) is 9.17. The molecule has 0 atom stereocenters. The molecule has 1 aromatic rings. The van der Waals surface area contributed by atoms with Gasteiger partial charge in [-0.15, -0.1) is 0 Å². The molecule has 0 aliphatic carbocycles. The minimum absolute atomic E-state index is 0.0776. The Bertz CT molecular complexity index is 490. The number of nitriles is 1. The van der Waals surface area contributed by atoms with Gasteiger partial charge in [-0.2, -0.15) is 5.26 Å². The van der Waals surface area contributed by atoms with Crippen molar-refractivity contribution in [1.29, 1.82) is 5.26 Å². The summed E-state index contributed by atoms with van der Waals surface area (Å²) in [5.74, 6) is 1.07. The summed E-state index contributed by atoms with van der Waals surface area (Å²) in [6.45, 7) is 2.44. The topological polar surface area (TPSA) is 77.5 Å². The van der Waals surface area contributed by atoms with Gasteiger partial charge in [-0.05, 0) is 25.0 Å². The van der Waals surface area contributed by atoms with Crippen molar-refractivity contribution >= 4 is 0 Å². The Morgan fingerprint density at radius 3 is 2.75 bits per heavy atom. The highest BCUT2D eigenvalue weighted by Gasteiger charge is 2.32. The Hall–Kier alpha value is -1.77. The summed E-state index contributed by atoms with van der Waals surface area (Å²) in [5.41, 5.74) is 6.31. The maximum absolute atomic E-state index is 9.17. The molecule has 0 unspecified atom stereocenters. The molecule has 5 nitrogen and oxygen atoms in total. The van der Waals surface area contributed by atoms with Gasteiger partial charge in [0.25, 0.3) is 0 Å². The highest BCUT2D eigenvalue weighted by atomic mass is 16.5. The number of para-hydroxylation sites is 1. The Morgan fingerprint density at radius 1 is 1.40 bits per heavy atom. The average molecular weight is 276 g/mol. The highest BCUT2D eigenvalue weighted by Crippen LogP contribution is 2.35. The zero-order valence-corrected chi connectivity index (χ0v) is 11.7. The monoisotopic (exact) mass is 276 g/mol. The molecular weight excluding hydrogens is 256 g/mol. The van der Waals surface area contributed by atoms with Crippen molar-refractivity contribution in [3.05, 3.63) is 23.8 Å². The summed E-state index contributed by atoms with van der Waals surface area (Å²) < 4.78 is 16.5. The summed E-state index contributed by atoms with van der Waals surface area (Å²) in [4.78, 5) is 0. The lowest BCUT2D eigenvalue weighted by molar-refractivity contribution is -0.00543. The third-order valence-electron chi connectivity index (χ3n) is 3.83. The lowest BCUT2D eigenvalue weighted by atomic mass is 9.81. The molecule has 2 rings (SSSR count). The number of rotatable bonds is 5. The standard InChI is InChI=1S/C15H20N2O3/c1-18-13-4-2-3-12(9-16)14(13)20-11-15(10-17)5-7-19-8-6-15/h2-4H,5-8,10-11,17H2,1H3. The molecule has 0 bridgehead atoms. The van der Waals surface area contributed by atoms with Gasteiger partial charge in [0.05, 0.1) is 19.3 Å². The summed E-state index contributed by atoms with van der Waals surface area (Å²) in [7, 11) is 1.57. The molecule has 1 aromatic carbocycles. The quantitative estimate of drug-likeness (QED) is 0.885. The second-order valence-corrected chi connectivity index (χ2v) is 5.05. The maximum Gasteiger partial charge on any atom is 0.178 e. The highest BCUT2D eigenvalue weighted by molar-refractivity contribution is 5.52. The van der Waals surface area contributed by atoms with E-state index in [1.807, 2.05) is 0 Å². The van der Waals surface area contributed by atoms with E-state index in [1.54, 1.807) is 25.3 Å². The molecule has 1 heterocycles. The molecule has 1 fully saturated rings. The van der Waals surface area contributed by atoms with E-state index in [1.165, 1.54) is 0 Å². The molecule has 0 aromatic heterocycles. The van der Waals surface area contributed by atoms with E-state index in [4.69, 9.17) is 25.2 Å². The molecule has 108 valence electrons. The van der Waals surface area contributed by atoms with E-state index in [-0.39, 0.29) is 5.41 Å². The molecule has 5 heteroatoms. The molecule has 1 aliphatic rings. The van der Waals surface area contributed by atoms with Crippen LogP contribution in [0.4, 0.5) is 0 Å². The SMILES string of the molecule is COc1cccc(C#N)c1OCC1(CN)CCOCC1. The summed E-state index contributed by atoms with van der Waals surface area (Å²) in [6.07, 6.45) is 1.75. The fourth-order valence-corrected chi connectivity index (χ4v) is 2.35. The van der Waals surface area contributed by atoms with Crippen molar-refractivity contribution < 1.29 is 14.2 Å². The molecular formula is C15H20N2O3. The van der Waals surface area contributed by atoms with E-state index in [2.05, 4.69) is 6.07 Å². The fourth-order valence-electron chi connectivity index (χ4n) is 2.35. The van der Waals surface area contributed by atoms with E-state index in [0.717, 1.165) is 12.8 Å². The van der Waals surface area contributed by atoms with Crippen LogP contribution in [0.25, 0.3) is 0 Å². The van der Waals surface area contributed by atoms with Crippen LogP contribution in [0.5, 0.6) is 11.5 Å². The Balaban J connectivity index is 2.15. The molecule has 1 saturated heterocycles. The second kappa shape index (κ2) is 6.60. The van der Waals surface area contributed by atoms with Gasteiger partial charge in [-0.1, -0.05) is 6.07 Å². The Kier molecular flexibility index (Phi) is 4.83. The third-order valence-corrected chi connectivity index (χ3v) is 3.83. The van der Waals surface area contributed by atoms with Crippen molar-refractivity contribution in [1.82, 2.24) is 0 Å². The lowest BCUT2D eigenvalue weighted by Crippen LogP contribution is -2.41. The minimum Gasteiger partial charge on any atom is -0.493 e. The van der Waals surface area contributed by atoms with Gasteiger partial charge in [-0.25, -0.2) is 0 Å². The van der Waals surface area contributed by atoms with Gasteiger partial charge in [-0.3, -0.25) is 0 Å². The fraction of sp³-hybridized carbons (Fsp3) is 0.533. The van der Waals surface area contributed by atoms with Crippen LogP contribution in [-0.4, -0.2) is 33.5 Å². The Labute approximate surface area is 119 Å². The number of benzene rings is 1. The first-order chi connectivity index (χ1) is 9.74. The molecule has 0 spiro atoms. The molecule has 0 radical (unpaired) electrons. The lowest BCUT2D eigenvalue weighted by Gasteiger charge is -2.35. The number of hydrogen-bond acceptors (Lipinski definition) is 5. The zero-order chi connectivity index (χ0) is 14.4. The second-order valence-electron chi connectivity index (χ2n) is 5.05. The first-order valence-electron chi connectivity index (χ1n) is 6.72. The molecule has 1 aliphatic heterocycles. The van der Waals surface area contributed by atoms with Gasteiger partial charge >= 0.3 is 0 Å². The molecule has 20 heavy (non-hydrogen) atoms. The van der Waals surface area contributed by atoms with Crippen LogP contribution < -0.4 is 15.2 Å². The zero-order valence-electron chi connectivity index (χ0n) is 11.7. The smallest absolute Gasteiger partial charge is 0.178 e. The van der Waals surface area contributed by atoms with Crippen LogP contribution >= 0.6 is 0 Å². The first-order valence-corrected chi connectivity index (χ1v) is 6.72. The van der Waals surface area contributed by atoms with E-state index in [0.29, 0.717) is 43.4 Å². The van der Waals surface area contributed by atoms with Crippen molar-refractivity contribution in [2.45, 2.75) is 12.8 Å². The number of ether oxygens (including phenoxy) is 3. The first kappa shape index (κ1) is 14.6. The summed E-state index contributed by atoms with van der Waals surface area (Å²) in [6, 6.07) is 7.41. The van der Waals surface area contributed by atoms with Gasteiger partial charge in [0.15, 0.2) is 11.5 Å². The third kappa shape index (κ3) is 3.03. The van der Waals surface area contributed by atoms with Crippen LogP contribution in [-0.2, 0) is 4.74 Å². The predicted molar refractivity (Wildman–Crippen MR) is 74.7 cm³/mol. The maximum atomic E-state index is 9.17. The molecule has 0 saturated carbocycles. The van der Waals surface area contributed by atoms with Gasteiger partial charge in [0.2, 0.25) is 0 Å². The number of hydrogen-bond donors (Lipinski definition) is 1. The predicted octanol–water partition coefficient (Wildman–Crippen LogP) is 1.70. The van der Waals surface area contributed by atoms with Gasteiger partial charge in [0.1, 0.15) is 6.07 Å². The Morgan fingerprint density at radius 2 is 2.15 bits per heavy atom. The van der Waals surface area contributed by atoms with Crippen LogP contribution in [0.1, 0.15) is 18.4 Å². The van der Waals surface area contributed by atoms with Crippen LogP contribution in [0.15, 0.2) is 18.2 Å². The normalized spacial score (nSPS) is 17.2. The van der Waals surface area contributed by atoms with E-state index in [9.17, 15) is 0 Å². The van der Waals surface area contributed by atoms with Crippen molar-refractivity contribution in [2.24, 2.45) is 11.1 Å². The van der Waals surface area contributed by atoms with E-state index < -0.39 is 0 Å². The van der Waals surface area contributed by atoms with Crippen molar-refractivity contribution in [3.63, 3.8) is 0 Å². The van der Waals surface area contributed by atoms with Crippen molar-refractivity contribution in [2.75, 3.05) is 33.5 Å². The molecule has 2 N–H and O–H groups in total. The van der Waals surface area contributed by atoms with E-state index >= 15 is 0 Å². The van der Waals surface area contributed by atoms with Gasteiger partial charge in [0, 0.05) is 25.2 Å². The number of nitrogens with two attached hydrogens (primary N) is 1. The largest absolute Gasteiger partial charge is 0.493 e. The molecule has 0 amide bonds. The average Bonchev–Trinajstić information content (AvgIpc) is 2.53. The van der Waals surface area contributed by atoms with Crippen LogP contribution in [0.2, 0.25) is 0 Å². The van der Waals surface area contributed by atoms with Crippen LogP contribution in [0.3, 0.4) is 0 Å². The van der Waals surface area contributed by atoms with Crippen LogP contribution in [0, 0.1) is 16.7 Å².